The molecule has 156 valence electrons. The number of rotatable bonds is 6. The van der Waals surface area contributed by atoms with E-state index in [1.807, 2.05) is 39.0 Å². The maximum Gasteiger partial charge on any atom is 0.264 e. The van der Waals surface area contributed by atoms with Crippen LogP contribution in [0.5, 0.6) is 0 Å². The van der Waals surface area contributed by atoms with Crippen molar-refractivity contribution in [1.82, 2.24) is 0 Å². The Bertz CT molecular complexity index is 1160. The van der Waals surface area contributed by atoms with Gasteiger partial charge in [-0.05, 0) is 61.7 Å². The zero-order chi connectivity index (χ0) is 21.9. The van der Waals surface area contributed by atoms with Crippen LogP contribution in [-0.2, 0) is 14.8 Å². The Labute approximate surface area is 182 Å². The zero-order valence-electron chi connectivity index (χ0n) is 17.0. The van der Waals surface area contributed by atoms with E-state index in [9.17, 15) is 13.2 Å². The Balaban J connectivity index is 1.99. The lowest BCUT2D eigenvalue weighted by Crippen LogP contribution is -2.38. The molecule has 0 radical (unpaired) electrons. The lowest BCUT2D eigenvalue weighted by molar-refractivity contribution is -0.114. The third-order valence-electron chi connectivity index (χ3n) is 4.81. The predicted molar refractivity (Wildman–Crippen MR) is 122 cm³/mol. The molecule has 0 fully saturated rings. The Kier molecular flexibility index (Phi) is 6.48. The van der Waals surface area contributed by atoms with Gasteiger partial charge in [0.25, 0.3) is 10.0 Å². The first-order valence-electron chi connectivity index (χ1n) is 9.40. The molecule has 0 saturated heterocycles. The molecule has 7 heteroatoms. The van der Waals surface area contributed by atoms with E-state index in [4.69, 9.17) is 11.6 Å². The summed E-state index contributed by atoms with van der Waals surface area (Å²) in [5, 5.41) is 3.28. The Hall–Kier alpha value is -2.83. The van der Waals surface area contributed by atoms with Gasteiger partial charge in [0.2, 0.25) is 5.91 Å². The Morgan fingerprint density at radius 3 is 2.13 bits per heavy atom. The van der Waals surface area contributed by atoms with Gasteiger partial charge in [-0.3, -0.25) is 9.10 Å². The van der Waals surface area contributed by atoms with Crippen molar-refractivity contribution in [2.45, 2.75) is 25.7 Å². The maximum absolute atomic E-state index is 13.4. The van der Waals surface area contributed by atoms with Crippen molar-refractivity contribution < 1.29 is 13.2 Å². The first-order valence-corrected chi connectivity index (χ1v) is 11.2. The van der Waals surface area contributed by atoms with E-state index in [-0.39, 0.29) is 11.4 Å². The van der Waals surface area contributed by atoms with Crippen LogP contribution in [0.3, 0.4) is 0 Å². The standard InChI is InChI=1S/C23H23ClN2O3S/c1-16-12-13-19(14-21(16)24)26(30(28,29)20-10-5-4-6-11-20)15-22(27)25-23-17(2)8-7-9-18(23)3/h4-14H,15H2,1-3H3,(H,25,27). The molecule has 0 saturated carbocycles. The van der Waals surface area contributed by atoms with Crippen LogP contribution >= 0.6 is 11.6 Å². The van der Waals surface area contributed by atoms with Crippen LogP contribution in [0, 0.1) is 20.8 Å². The van der Waals surface area contributed by atoms with Crippen LogP contribution in [0.4, 0.5) is 11.4 Å². The molecule has 0 aliphatic heterocycles. The van der Waals surface area contributed by atoms with E-state index in [1.165, 1.54) is 12.1 Å². The van der Waals surface area contributed by atoms with Gasteiger partial charge in [0.05, 0.1) is 10.6 Å². The number of nitrogens with one attached hydrogen (secondary N) is 1. The number of sulfonamides is 1. The summed E-state index contributed by atoms with van der Waals surface area (Å²) in [6, 6.07) is 18.6. The molecule has 0 atom stereocenters. The normalized spacial score (nSPS) is 11.2. The van der Waals surface area contributed by atoms with Gasteiger partial charge in [-0.25, -0.2) is 8.42 Å². The second kappa shape index (κ2) is 8.90. The van der Waals surface area contributed by atoms with Crippen molar-refractivity contribution in [2.24, 2.45) is 0 Å². The third-order valence-corrected chi connectivity index (χ3v) is 7.00. The zero-order valence-corrected chi connectivity index (χ0v) is 18.6. The molecule has 1 amide bonds. The van der Waals surface area contributed by atoms with Crippen molar-refractivity contribution >= 4 is 38.9 Å². The van der Waals surface area contributed by atoms with Gasteiger partial charge in [-0.15, -0.1) is 0 Å². The summed E-state index contributed by atoms with van der Waals surface area (Å²) in [7, 11) is -3.98. The number of benzene rings is 3. The van der Waals surface area contributed by atoms with Crippen LogP contribution in [-0.4, -0.2) is 20.9 Å². The van der Waals surface area contributed by atoms with E-state index in [0.29, 0.717) is 16.4 Å². The van der Waals surface area contributed by atoms with Gasteiger partial charge < -0.3 is 5.32 Å². The van der Waals surface area contributed by atoms with Gasteiger partial charge in [-0.2, -0.15) is 0 Å². The molecule has 0 heterocycles. The molecule has 3 aromatic carbocycles. The van der Waals surface area contributed by atoms with Crippen LogP contribution in [0.25, 0.3) is 0 Å². The number of carbonyl (C=O) groups excluding carboxylic acids is 1. The quantitative estimate of drug-likeness (QED) is 0.577. The molecule has 0 spiro atoms. The Morgan fingerprint density at radius 1 is 0.900 bits per heavy atom. The number of hydrogen-bond donors (Lipinski definition) is 1. The number of aryl methyl sites for hydroxylation is 3. The largest absolute Gasteiger partial charge is 0.324 e. The number of para-hydroxylation sites is 1. The van der Waals surface area contributed by atoms with Crippen LogP contribution in [0.15, 0.2) is 71.6 Å². The molecule has 30 heavy (non-hydrogen) atoms. The van der Waals surface area contributed by atoms with Crippen molar-refractivity contribution in [3.8, 4) is 0 Å². The fourth-order valence-corrected chi connectivity index (χ4v) is 4.70. The van der Waals surface area contributed by atoms with Crippen LogP contribution in [0.1, 0.15) is 16.7 Å². The summed E-state index contributed by atoms with van der Waals surface area (Å²) in [5.41, 5.74) is 3.63. The molecular weight excluding hydrogens is 420 g/mol. The average molecular weight is 443 g/mol. The molecule has 1 N–H and O–H groups in total. The fourth-order valence-electron chi connectivity index (χ4n) is 3.09. The SMILES string of the molecule is Cc1ccc(N(CC(=O)Nc2c(C)cccc2C)S(=O)(=O)c2ccccc2)cc1Cl. The summed E-state index contributed by atoms with van der Waals surface area (Å²) in [6.07, 6.45) is 0. The second-order valence-corrected chi connectivity index (χ2v) is 9.34. The molecule has 0 bridgehead atoms. The number of anilines is 2. The van der Waals surface area contributed by atoms with Crippen molar-refractivity contribution in [3.63, 3.8) is 0 Å². The van der Waals surface area contributed by atoms with Crippen LogP contribution < -0.4 is 9.62 Å². The fraction of sp³-hybridized carbons (Fsp3) is 0.174. The highest BCUT2D eigenvalue weighted by Crippen LogP contribution is 2.28. The summed E-state index contributed by atoms with van der Waals surface area (Å²) in [6.45, 7) is 5.22. The van der Waals surface area contributed by atoms with E-state index in [2.05, 4.69) is 5.32 Å². The van der Waals surface area contributed by atoms with E-state index >= 15 is 0 Å². The lowest BCUT2D eigenvalue weighted by Gasteiger charge is -2.25. The maximum atomic E-state index is 13.4. The summed E-state index contributed by atoms with van der Waals surface area (Å²) in [5.74, 6) is -0.441. The number of nitrogens with zero attached hydrogens (tertiary/aromatic N) is 1. The molecule has 0 aromatic heterocycles. The molecule has 3 aromatic rings. The third kappa shape index (κ3) is 4.66. The molecule has 0 unspecified atom stereocenters. The minimum absolute atomic E-state index is 0.0987. The second-order valence-electron chi connectivity index (χ2n) is 7.07. The molecular formula is C23H23ClN2O3S. The van der Waals surface area contributed by atoms with Crippen molar-refractivity contribution in [2.75, 3.05) is 16.2 Å². The summed E-state index contributed by atoms with van der Waals surface area (Å²) in [4.78, 5) is 13.0. The molecule has 0 aliphatic carbocycles. The number of hydrogen-bond acceptors (Lipinski definition) is 3. The number of amides is 1. The summed E-state index contributed by atoms with van der Waals surface area (Å²) < 4.78 is 27.8. The van der Waals surface area contributed by atoms with Crippen LogP contribution in [0.2, 0.25) is 5.02 Å². The molecule has 5 nitrogen and oxygen atoms in total. The van der Waals surface area contributed by atoms with Crippen molar-refractivity contribution in [1.29, 1.82) is 0 Å². The van der Waals surface area contributed by atoms with Crippen molar-refractivity contribution in [3.05, 3.63) is 88.4 Å². The first kappa shape index (κ1) is 21.9. The molecule has 3 rings (SSSR count). The first-order chi connectivity index (χ1) is 14.2. The van der Waals surface area contributed by atoms with Gasteiger partial charge in [-0.1, -0.05) is 54.1 Å². The minimum atomic E-state index is -3.98. The van der Waals surface area contributed by atoms with E-state index in [1.54, 1.807) is 36.4 Å². The topological polar surface area (TPSA) is 66.5 Å². The average Bonchev–Trinajstić information content (AvgIpc) is 2.72. The van der Waals surface area contributed by atoms with Gasteiger partial charge in [0.1, 0.15) is 6.54 Å². The Morgan fingerprint density at radius 2 is 1.53 bits per heavy atom. The number of carbonyl (C=O) groups is 1. The van der Waals surface area contributed by atoms with Gasteiger partial charge in [0.15, 0.2) is 0 Å². The monoisotopic (exact) mass is 442 g/mol. The van der Waals surface area contributed by atoms with E-state index in [0.717, 1.165) is 21.0 Å². The number of halogens is 1. The highest BCUT2D eigenvalue weighted by Gasteiger charge is 2.27. The highest BCUT2D eigenvalue weighted by molar-refractivity contribution is 7.92. The lowest BCUT2D eigenvalue weighted by atomic mass is 10.1. The van der Waals surface area contributed by atoms with E-state index < -0.39 is 15.9 Å². The summed E-state index contributed by atoms with van der Waals surface area (Å²) >= 11 is 6.24. The van der Waals surface area contributed by atoms with Gasteiger partial charge >= 0.3 is 0 Å². The van der Waals surface area contributed by atoms with Gasteiger partial charge in [0, 0.05) is 10.7 Å². The predicted octanol–water partition coefficient (Wildman–Crippen LogP) is 5.10. The molecule has 0 aliphatic rings. The minimum Gasteiger partial charge on any atom is -0.324 e. The smallest absolute Gasteiger partial charge is 0.264 e. The highest BCUT2D eigenvalue weighted by atomic mass is 35.5.